The summed E-state index contributed by atoms with van der Waals surface area (Å²) in [6.07, 6.45) is 1.97. The summed E-state index contributed by atoms with van der Waals surface area (Å²) in [6.45, 7) is 4.10. The maximum Gasteiger partial charge on any atom is 0.315 e. The zero-order chi connectivity index (χ0) is 10.0. The van der Waals surface area contributed by atoms with Crippen LogP contribution in [0.1, 0.15) is 26.7 Å². The molecule has 13 heavy (non-hydrogen) atoms. The number of amides is 1. The van der Waals surface area contributed by atoms with Crippen molar-refractivity contribution in [2.75, 3.05) is 6.54 Å². The Morgan fingerprint density at radius 1 is 1.54 bits per heavy atom. The van der Waals surface area contributed by atoms with E-state index in [0.29, 0.717) is 6.54 Å². The first kappa shape index (κ1) is 10.0. The third kappa shape index (κ3) is 1.99. The van der Waals surface area contributed by atoms with Gasteiger partial charge >= 0.3 is 5.97 Å². The van der Waals surface area contributed by atoms with E-state index in [1.807, 2.05) is 6.92 Å². The van der Waals surface area contributed by atoms with Crippen LogP contribution in [-0.2, 0) is 9.59 Å². The fourth-order valence-corrected chi connectivity index (χ4v) is 1.62. The highest BCUT2D eigenvalue weighted by Crippen LogP contribution is 2.18. The van der Waals surface area contributed by atoms with Gasteiger partial charge < -0.3 is 10.0 Å². The predicted molar refractivity (Wildman–Crippen MR) is 47.2 cm³/mol. The predicted octanol–water partition coefficient (Wildman–Crippen LogP) is 0.718. The summed E-state index contributed by atoms with van der Waals surface area (Å²) in [5.41, 5.74) is 0. The Hall–Kier alpha value is -1.06. The van der Waals surface area contributed by atoms with Gasteiger partial charge in [-0.15, -0.1) is 0 Å². The van der Waals surface area contributed by atoms with Crippen LogP contribution in [0.15, 0.2) is 0 Å². The summed E-state index contributed by atoms with van der Waals surface area (Å²) in [7, 11) is 0. The maximum atomic E-state index is 11.5. The number of nitrogens with zero attached hydrogens (tertiary/aromatic N) is 1. The van der Waals surface area contributed by atoms with Crippen LogP contribution >= 0.6 is 0 Å². The summed E-state index contributed by atoms with van der Waals surface area (Å²) in [6, 6.07) is 0.203. The van der Waals surface area contributed by atoms with E-state index in [2.05, 4.69) is 0 Å². The minimum Gasteiger partial charge on any atom is -0.481 e. The minimum atomic E-state index is -1.04. The molecule has 0 aromatic carbocycles. The average molecular weight is 185 g/mol. The minimum absolute atomic E-state index is 0.203. The third-order valence-electron chi connectivity index (χ3n) is 2.58. The molecule has 4 heteroatoms. The van der Waals surface area contributed by atoms with E-state index in [1.54, 1.807) is 4.90 Å². The van der Waals surface area contributed by atoms with Crippen LogP contribution in [0, 0.1) is 5.92 Å². The first-order chi connectivity index (χ1) is 6.04. The Kier molecular flexibility index (Phi) is 2.90. The largest absolute Gasteiger partial charge is 0.481 e. The molecule has 1 amide bonds. The molecule has 1 saturated heterocycles. The molecule has 1 fully saturated rings. The van der Waals surface area contributed by atoms with E-state index in [0.717, 1.165) is 12.8 Å². The van der Waals surface area contributed by atoms with Gasteiger partial charge in [0.1, 0.15) is 5.92 Å². The first-order valence-corrected chi connectivity index (χ1v) is 4.57. The molecular formula is C9H15NO3. The van der Waals surface area contributed by atoms with Gasteiger partial charge in [0.2, 0.25) is 5.91 Å². The Bertz CT molecular complexity index is 227. The Morgan fingerprint density at radius 3 is 2.54 bits per heavy atom. The lowest BCUT2D eigenvalue weighted by Gasteiger charge is -2.23. The molecule has 1 N–H and O–H groups in total. The second-order valence-electron chi connectivity index (χ2n) is 3.58. The van der Waals surface area contributed by atoms with Crippen LogP contribution < -0.4 is 0 Å². The van der Waals surface area contributed by atoms with Gasteiger partial charge in [-0.3, -0.25) is 9.59 Å². The van der Waals surface area contributed by atoms with E-state index in [-0.39, 0.29) is 11.9 Å². The Labute approximate surface area is 77.5 Å². The van der Waals surface area contributed by atoms with Gasteiger partial charge in [0.15, 0.2) is 0 Å². The summed E-state index contributed by atoms with van der Waals surface area (Å²) in [4.78, 5) is 23.8. The fraction of sp³-hybridized carbons (Fsp3) is 0.778. The van der Waals surface area contributed by atoms with Crippen molar-refractivity contribution in [2.45, 2.75) is 32.7 Å². The smallest absolute Gasteiger partial charge is 0.315 e. The van der Waals surface area contributed by atoms with E-state index in [4.69, 9.17) is 5.11 Å². The van der Waals surface area contributed by atoms with Crippen LogP contribution in [0.2, 0.25) is 0 Å². The highest BCUT2D eigenvalue weighted by atomic mass is 16.4. The van der Waals surface area contributed by atoms with Crippen molar-refractivity contribution < 1.29 is 14.7 Å². The molecule has 0 spiro atoms. The molecular weight excluding hydrogens is 170 g/mol. The number of hydrogen-bond donors (Lipinski definition) is 1. The normalized spacial score (nSPS) is 24.5. The number of carbonyl (C=O) groups excluding carboxylic acids is 1. The zero-order valence-electron chi connectivity index (χ0n) is 7.99. The molecule has 0 saturated carbocycles. The van der Waals surface area contributed by atoms with Crippen molar-refractivity contribution in [3.63, 3.8) is 0 Å². The number of likely N-dealkylation sites (tertiary alicyclic amines) is 1. The number of carbonyl (C=O) groups is 2. The Balaban J connectivity index is 2.61. The molecule has 0 aliphatic carbocycles. The summed E-state index contributed by atoms with van der Waals surface area (Å²) in [5, 5.41) is 8.65. The van der Waals surface area contributed by atoms with Gasteiger partial charge in [0.25, 0.3) is 0 Å². The van der Waals surface area contributed by atoms with Crippen LogP contribution in [0.3, 0.4) is 0 Å². The zero-order valence-corrected chi connectivity index (χ0v) is 7.99. The molecule has 0 aromatic heterocycles. The monoisotopic (exact) mass is 185 g/mol. The summed E-state index contributed by atoms with van der Waals surface area (Å²) < 4.78 is 0. The molecule has 2 unspecified atom stereocenters. The molecule has 0 aromatic rings. The van der Waals surface area contributed by atoms with Crippen molar-refractivity contribution in [1.29, 1.82) is 0 Å². The fourth-order valence-electron chi connectivity index (χ4n) is 1.62. The third-order valence-corrected chi connectivity index (χ3v) is 2.58. The SMILES string of the molecule is CC(C(=O)O)C(=O)N1CCCC1C. The lowest BCUT2D eigenvalue weighted by Crippen LogP contribution is -2.39. The molecule has 1 rings (SSSR count). The highest BCUT2D eigenvalue weighted by Gasteiger charge is 2.31. The van der Waals surface area contributed by atoms with Crippen molar-refractivity contribution in [3.05, 3.63) is 0 Å². The van der Waals surface area contributed by atoms with Crippen molar-refractivity contribution in [1.82, 2.24) is 4.90 Å². The van der Waals surface area contributed by atoms with Crippen molar-refractivity contribution in [2.24, 2.45) is 5.92 Å². The van der Waals surface area contributed by atoms with Crippen LogP contribution in [0.4, 0.5) is 0 Å². The van der Waals surface area contributed by atoms with Gasteiger partial charge in [0, 0.05) is 12.6 Å². The van der Waals surface area contributed by atoms with Gasteiger partial charge in [-0.1, -0.05) is 0 Å². The molecule has 0 bridgehead atoms. The lowest BCUT2D eigenvalue weighted by atomic mass is 10.1. The second-order valence-corrected chi connectivity index (χ2v) is 3.58. The van der Waals surface area contributed by atoms with Gasteiger partial charge in [-0.25, -0.2) is 0 Å². The number of aliphatic carboxylic acids is 1. The van der Waals surface area contributed by atoms with E-state index in [1.165, 1.54) is 6.92 Å². The number of carboxylic acid groups (broad SMARTS) is 1. The van der Waals surface area contributed by atoms with Gasteiger partial charge in [-0.05, 0) is 26.7 Å². The summed E-state index contributed by atoms with van der Waals surface area (Å²) in [5.74, 6) is -2.19. The van der Waals surface area contributed by atoms with E-state index < -0.39 is 11.9 Å². The van der Waals surface area contributed by atoms with E-state index in [9.17, 15) is 9.59 Å². The van der Waals surface area contributed by atoms with E-state index >= 15 is 0 Å². The lowest BCUT2D eigenvalue weighted by molar-refractivity contribution is -0.150. The molecule has 0 radical (unpaired) electrons. The van der Waals surface area contributed by atoms with Gasteiger partial charge in [0.05, 0.1) is 0 Å². The topological polar surface area (TPSA) is 57.6 Å². The number of hydrogen-bond acceptors (Lipinski definition) is 2. The Morgan fingerprint density at radius 2 is 2.15 bits per heavy atom. The molecule has 2 atom stereocenters. The second kappa shape index (κ2) is 3.77. The molecule has 4 nitrogen and oxygen atoms in total. The maximum absolute atomic E-state index is 11.5. The van der Waals surface area contributed by atoms with Crippen molar-refractivity contribution in [3.8, 4) is 0 Å². The number of carboxylic acids is 1. The highest BCUT2D eigenvalue weighted by molar-refractivity contribution is 5.96. The average Bonchev–Trinajstić information content (AvgIpc) is 2.48. The number of rotatable bonds is 2. The quantitative estimate of drug-likeness (QED) is 0.645. The van der Waals surface area contributed by atoms with Crippen LogP contribution in [0.25, 0.3) is 0 Å². The van der Waals surface area contributed by atoms with Crippen LogP contribution in [0.5, 0.6) is 0 Å². The standard InChI is InChI=1S/C9H15NO3/c1-6-4-3-5-10(6)8(11)7(2)9(12)13/h6-7H,3-5H2,1-2H3,(H,12,13). The van der Waals surface area contributed by atoms with Crippen LogP contribution in [-0.4, -0.2) is 34.5 Å². The van der Waals surface area contributed by atoms with Gasteiger partial charge in [-0.2, -0.15) is 0 Å². The molecule has 1 heterocycles. The summed E-state index contributed by atoms with van der Waals surface area (Å²) >= 11 is 0. The van der Waals surface area contributed by atoms with Crippen molar-refractivity contribution >= 4 is 11.9 Å². The molecule has 1 aliphatic rings. The molecule has 1 aliphatic heterocycles. The molecule has 74 valence electrons. The first-order valence-electron chi connectivity index (χ1n) is 4.57.